The first kappa shape index (κ1) is 18.9. The Bertz CT molecular complexity index is 646. The lowest BCUT2D eigenvalue weighted by Gasteiger charge is -2.13. The molecule has 0 bridgehead atoms. The van der Waals surface area contributed by atoms with E-state index in [9.17, 15) is 13.6 Å². The summed E-state index contributed by atoms with van der Waals surface area (Å²) in [7, 11) is 1.56. The van der Waals surface area contributed by atoms with Gasteiger partial charge in [-0.2, -0.15) is 5.10 Å². The largest absolute Gasteiger partial charge is 0.497 e. The monoisotopic (exact) mass is 346 g/mol. The highest BCUT2D eigenvalue weighted by Crippen LogP contribution is 2.14. The first-order valence-corrected chi connectivity index (χ1v) is 6.51. The Morgan fingerprint density at radius 1 is 1.35 bits per heavy atom. The van der Waals surface area contributed by atoms with Gasteiger partial charge in [-0.3, -0.25) is 4.79 Å². The Labute approximate surface area is 138 Å². The molecule has 126 valence electrons. The molecule has 1 heterocycles. The summed E-state index contributed by atoms with van der Waals surface area (Å²) in [6.45, 7) is -1.65. The van der Waals surface area contributed by atoms with Gasteiger partial charge in [-0.05, 0) is 30.3 Å². The Balaban J connectivity index is 0.00000264. The summed E-state index contributed by atoms with van der Waals surface area (Å²) in [6, 6.07) is 8.46. The van der Waals surface area contributed by atoms with E-state index in [-0.39, 0.29) is 18.1 Å². The maximum absolute atomic E-state index is 13.0. The Kier molecular flexibility index (Phi) is 6.47. The molecule has 1 aromatic carbocycles. The zero-order valence-electron chi connectivity index (χ0n) is 12.3. The molecule has 23 heavy (non-hydrogen) atoms. The van der Waals surface area contributed by atoms with Gasteiger partial charge in [-0.15, -0.1) is 12.4 Å². The molecule has 3 N–H and O–H groups in total. The standard InChI is InChI=1S/C14H16F2N4O2.ClH/c1-22-11-4-2-10(3-5-11)20-7-6-12(19-20)13(21)18-9-14(15,16)8-17;/h2-7H,8-9,17H2,1H3,(H,18,21);1H. The van der Waals surface area contributed by atoms with Crippen molar-refractivity contribution in [2.24, 2.45) is 5.73 Å². The number of aromatic nitrogens is 2. The van der Waals surface area contributed by atoms with E-state index in [0.29, 0.717) is 11.4 Å². The van der Waals surface area contributed by atoms with Crippen molar-refractivity contribution >= 4 is 18.3 Å². The summed E-state index contributed by atoms with van der Waals surface area (Å²) in [6.07, 6.45) is 1.57. The van der Waals surface area contributed by atoms with Crippen LogP contribution in [0.25, 0.3) is 5.69 Å². The van der Waals surface area contributed by atoms with Crippen LogP contribution in [0.15, 0.2) is 36.5 Å². The van der Waals surface area contributed by atoms with E-state index < -0.39 is 24.9 Å². The highest BCUT2D eigenvalue weighted by atomic mass is 35.5. The number of methoxy groups -OCH3 is 1. The molecule has 0 radical (unpaired) electrons. The third-order valence-corrected chi connectivity index (χ3v) is 2.96. The SMILES string of the molecule is COc1ccc(-n2ccc(C(=O)NCC(F)(F)CN)n2)cc1.Cl. The number of nitrogens with zero attached hydrogens (tertiary/aromatic N) is 2. The molecular weight excluding hydrogens is 330 g/mol. The number of nitrogens with one attached hydrogen (secondary N) is 1. The van der Waals surface area contributed by atoms with E-state index in [1.165, 1.54) is 10.7 Å². The zero-order chi connectivity index (χ0) is 16.2. The second-order valence-corrected chi connectivity index (χ2v) is 4.59. The van der Waals surface area contributed by atoms with Crippen molar-refractivity contribution in [1.29, 1.82) is 0 Å². The number of hydrogen-bond acceptors (Lipinski definition) is 4. The number of rotatable bonds is 6. The minimum absolute atomic E-state index is 0. The van der Waals surface area contributed by atoms with E-state index in [0.717, 1.165) is 0 Å². The fraction of sp³-hybridized carbons (Fsp3) is 0.286. The van der Waals surface area contributed by atoms with Crippen LogP contribution in [0.2, 0.25) is 0 Å². The number of benzene rings is 1. The second kappa shape index (κ2) is 7.89. The number of carbonyl (C=O) groups is 1. The first-order chi connectivity index (χ1) is 10.4. The summed E-state index contributed by atoms with van der Waals surface area (Å²) in [5, 5.41) is 6.16. The molecule has 9 heteroatoms. The van der Waals surface area contributed by atoms with Crippen molar-refractivity contribution in [3.8, 4) is 11.4 Å². The predicted octanol–water partition coefficient (Wildman–Crippen LogP) is 1.63. The van der Waals surface area contributed by atoms with Crippen molar-refractivity contribution in [2.75, 3.05) is 20.2 Å². The van der Waals surface area contributed by atoms with Crippen LogP contribution in [0.4, 0.5) is 8.78 Å². The van der Waals surface area contributed by atoms with Gasteiger partial charge >= 0.3 is 0 Å². The fourth-order valence-corrected chi connectivity index (χ4v) is 1.70. The molecule has 6 nitrogen and oxygen atoms in total. The minimum Gasteiger partial charge on any atom is -0.497 e. The molecule has 0 saturated heterocycles. The summed E-state index contributed by atoms with van der Waals surface area (Å²) in [5.41, 5.74) is 5.66. The normalized spacial score (nSPS) is 10.8. The van der Waals surface area contributed by atoms with Gasteiger partial charge in [0.1, 0.15) is 5.75 Å². The number of amides is 1. The number of carbonyl (C=O) groups excluding carboxylic acids is 1. The molecule has 0 aliphatic rings. The van der Waals surface area contributed by atoms with Crippen LogP contribution in [0, 0.1) is 0 Å². The molecule has 0 aliphatic heterocycles. The predicted molar refractivity (Wildman–Crippen MR) is 83.7 cm³/mol. The second-order valence-electron chi connectivity index (χ2n) is 4.59. The van der Waals surface area contributed by atoms with Crippen LogP contribution >= 0.6 is 12.4 Å². The van der Waals surface area contributed by atoms with Crippen LogP contribution in [0.5, 0.6) is 5.75 Å². The third-order valence-electron chi connectivity index (χ3n) is 2.96. The van der Waals surface area contributed by atoms with Crippen LogP contribution in [0.3, 0.4) is 0 Å². The Morgan fingerprint density at radius 3 is 2.57 bits per heavy atom. The summed E-state index contributed by atoms with van der Waals surface area (Å²) in [5.74, 6) is -3.12. The van der Waals surface area contributed by atoms with Crippen LogP contribution < -0.4 is 15.8 Å². The molecular formula is C14H17ClF2N4O2. The molecule has 1 amide bonds. The van der Waals surface area contributed by atoms with E-state index >= 15 is 0 Å². The number of ether oxygens (including phenoxy) is 1. The lowest BCUT2D eigenvalue weighted by molar-refractivity contribution is 0.0118. The fourth-order valence-electron chi connectivity index (χ4n) is 1.70. The molecule has 0 unspecified atom stereocenters. The van der Waals surface area contributed by atoms with Crippen molar-refractivity contribution in [3.05, 3.63) is 42.2 Å². The highest BCUT2D eigenvalue weighted by molar-refractivity contribution is 5.92. The topological polar surface area (TPSA) is 82.2 Å². The lowest BCUT2D eigenvalue weighted by atomic mass is 10.3. The highest BCUT2D eigenvalue weighted by Gasteiger charge is 2.27. The number of hydrogen-bond donors (Lipinski definition) is 2. The Hall–Kier alpha value is -2.19. The molecule has 0 aliphatic carbocycles. The van der Waals surface area contributed by atoms with E-state index in [1.807, 2.05) is 0 Å². The smallest absolute Gasteiger partial charge is 0.277 e. The summed E-state index contributed by atoms with van der Waals surface area (Å²) < 4.78 is 32.5. The summed E-state index contributed by atoms with van der Waals surface area (Å²) in [4.78, 5) is 11.8. The van der Waals surface area contributed by atoms with E-state index in [2.05, 4.69) is 10.4 Å². The van der Waals surface area contributed by atoms with Gasteiger partial charge in [0.15, 0.2) is 5.69 Å². The molecule has 2 rings (SSSR count). The molecule has 0 atom stereocenters. The maximum atomic E-state index is 13.0. The van der Waals surface area contributed by atoms with Crippen molar-refractivity contribution in [1.82, 2.24) is 15.1 Å². The quantitative estimate of drug-likeness (QED) is 0.833. The lowest BCUT2D eigenvalue weighted by Crippen LogP contribution is -2.41. The van der Waals surface area contributed by atoms with Crippen molar-refractivity contribution < 1.29 is 18.3 Å². The van der Waals surface area contributed by atoms with Crippen molar-refractivity contribution in [3.63, 3.8) is 0 Å². The maximum Gasteiger partial charge on any atom is 0.277 e. The van der Waals surface area contributed by atoms with Gasteiger partial charge < -0.3 is 15.8 Å². The van der Waals surface area contributed by atoms with Gasteiger partial charge in [0.05, 0.1) is 25.9 Å². The van der Waals surface area contributed by atoms with E-state index in [1.54, 1.807) is 37.6 Å². The minimum atomic E-state index is -3.13. The first-order valence-electron chi connectivity index (χ1n) is 6.51. The zero-order valence-corrected chi connectivity index (χ0v) is 13.1. The van der Waals surface area contributed by atoms with Gasteiger partial charge in [0, 0.05) is 6.20 Å². The van der Waals surface area contributed by atoms with Crippen LogP contribution in [0.1, 0.15) is 10.5 Å². The third kappa shape index (κ3) is 4.90. The number of halogens is 3. The summed E-state index contributed by atoms with van der Waals surface area (Å²) >= 11 is 0. The molecule has 2 aromatic rings. The van der Waals surface area contributed by atoms with Crippen LogP contribution in [-0.2, 0) is 0 Å². The van der Waals surface area contributed by atoms with Gasteiger partial charge in [-0.1, -0.05) is 0 Å². The molecule has 0 spiro atoms. The average molecular weight is 347 g/mol. The molecule has 0 saturated carbocycles. The van der Waals surface area contributed by atoms with Gasteiger partial charge in [0.25, 0.3) is 11.8 Å². The molecule has 0 fully saturated rings. The number of nitrogens with two attached hydrogens (primary N) is 1. The van der Waals surface area contributed by atoms with E-state index in [4.69, 9.17) is 10.5 Å². The number of alkyl halides is 2. The van der Waals surface area contributed by atoms with Crippen molar-refractivity contribution in [2.45, 2.75) is 5.92 Å². The molecule has 1 aromatic heterocycles. The van der Waals surface area contributed by atoms with Gasteiger partial charge in [0.2, 0.25) is 0 Å². The Morgan fingerprint density at radius 2 is 2.00 bits per heavy atom. The van der Waals surface area contributed by atoms with Crippen LogP contribution in [-0.4, -0.2) is 41.8 Å². The average Bonchev–Trinajstić information content (AvgIpc) is 3.03. The van der Waals surface area contributed by atoms with Gasteiger partial charge in [-0.25, -0.2) is 13.5 Å².